The summed E-state index contributed by atoms with van der Waals surface area (Å²) in [5.74, 6) is 0.799. The quantitative estimate of drug-likeness (QED) is 0.0222. The first-order chi connectivity index (χ1) is 42.1. The molecule has 6 atom stereocenters. The fraction of sp³-hybridized carbons (Fsp3) is 0.942. The molecule has 0 bridgehead atoms. The number of aliphatic hydroxyl groups excluding tert-OH is 1. The van der Waals surface area contributed by atoms with E-state index in [-0.39, 0.29) is 25.7 Å². The van der Waals surface area contributed by atoms with Gasteiger partial charge in [0, 0.05) is 25.7 Å². The van der Waals surface area contributed by atoms with Crippen LogP contribution in [-0.4, -0.2) is 96.7 Å². The van der Waals surface area contributed by atoms with Gasteiger partial charge in [-0.05, 0) is 49.4 Å². The second-order valence-corrected chi connectivity index (χ2v) is 29.5. The molecule has 17 nitrogen and oxygen atoms in total. The summed E-state index contributed by atoms with van der Waals surface area (Å²) >= 11 is 0. The van der Waals surface area contributed by atoms with Crippen molar-refractivity contribution in [2.75, 3.05) is 39.6 Å². The number of carbonyl (C=O) groups is 4. The molecule has 3 N–H and O–H groups in total. The number of hydrogen-bond acceptors (Lipinski definition) is 15. The minimum atomic E-state index is -4.95. The number of esters is 4. The molecule has 0 aliphatic rings. The number of unbranched alkanes of at least 4 members (excludes halogenated alkanes) is 31. The van der Waals surface area contributed by atoms with Gasteiger partial charge in [0.15, 0.2) is 12.2 Å². The molecule has 0 rings (SSSR count). The molecule has 3 unspecified atom stereocenters. The van der Waals surface area contributed by atoms with Gasteiger partial charge in [-0.1, -0.05) is 287 Å². The van der Waals surface area contributed by atoms with E-state index in [1.807, 2.05) is 0 Å². The van der Waals surface area contributed by atoms with E-state index < -0.39 is 97.5 Å². The molecule has 0 fully saturated rings. The topological polar surface area (TPSA) is 237 Å². The van der Waals surface area contributed by atoms with Crippen molar-refractivity contribution in [3.8, 4) is 0 Å². The summed E-state index contributed by atoms with van der Waals surface area (Å²) in [6, 6.07) is 0. The minimum absolute atomic E-state index is 0.102. The van der Waals surface area contributed by atoms with Crippen LogP contribution in [0.5, 0.6) is 0 Å². The Hall–Kier alpha value is -1.94. The van der Waals surface area contributed by atoms with Gasteiger partial charge in [0.2, 0.25) is 0 Å². The molecule has 19 heteroatoms. The number of ether oxygens (including phenoxy) is 4. The van der Waals surface area contributed by atoms with Crippen molar-refractivity contribution in [1.82, 2.24) is 0 Å². The van der Waals surface area contributed by atoms with Crippen molar-refractivity contribution >= 4 is 39.5 Å². The lowest BCUT2D eigenvalue weighted by Gasteiger charge is -2.21. The Kier molecular flexibility index (Phi) is 57.6. The minimum Gasteiger partial charge on any atom is -0.462 e. The van der Waals surface area contributed by atoms with Crippen LogP contribution in [0.4, 0.5) is 0 Å². The first kappa shape index (κ1) is 86.1. The largest absolute Gasteiger partial charge is 0.472 e. The van der Waals surface area contributed by atoms with E-state index in [0.29, 0.717) is 31.6 Å². The zero-order chi connectivity index (χ0) is 65.4. The normalized spacial score (nSPS) is 14.6. The monoisotopic (exact) mass is 1300 g/mol. The summed E-state index contributed by atoms with van der Waals surface area (Å²) in [6.45, 7) is 14.0. The van der Waals surface area contributed by atoms with Gasteiger partial charge in [-0.15, -0.1) is 0 Å². The molecule has 0 heterocycles. The number of phosphoric acid groups is 2. The van der Waals surface area contributed by atoms with Crippen molar-refractivity contribution < 1.29 is 80.2 Å². The molecule has 522 valence electrons. The maximum absolute atomic E-state index is 13.0. The van der Waals surface area contributed by atoms with Crippen LogP contribution in [-0.2, 0) is 65.4 Å². The number of hydrogen-bond donors (Lipinski definition) is 3. The van der Waals surface area contributed by atoms with Crippen LogP contribution >= 0.6 is 15.6 Å². The predicted octanol–water partition coefficient (Wildman–Crippen LogP) is 19.3. The summed E-state index contributed by atoms with van der Waals surface area (Å²) < 4.78 is 68.2. The van der Waals surface area contributed by atoms with Crippen LogP contribution in [0.1, 0.15) is 338 Å². The highest BCUT2D eigenvalue weighted by molar-refractivity contribution is 7.47. The average molecular weight is 1300 g/mol. The SMILES string of the molecule is CCC(C)CCCCCCCCC(=O)O[C@H](COC(=O)CCCCCCCCCCCCCCCCC(C)C)COP(=O)(O)OC[C@@H](O)COP(=O)(O)OC[C@@H](COC(=O)CCCCCCCCC(C)C)OC(=O)CCCCCCCCCCCC(C)C. The van der Waals surface area contributed by atoms with Crippen molar-refractivity contribution in [3.05, 3.63) is 0 Å². The molecule has 0 spiro atoms. The molecule has 0 aliphatic carbocycles. The highest BCUT2D eigenvalue weighted by atomic mass is 31.2. The van der Waals surface area contributed by atoms with E-state index in [2.05, 4.69) is 55.4 Å². The Bertz CT molecular complexity index is 1750. The van der Waals surface area contributed by atoms with Gasteiger partial charge < -0.3 is 33.8 Å². The van der Waals surface area contributed by atoms with Crippen molar-refractivity contribution in [1.29, 1.82) is 0 Å². The summed E-state index contributed by atoms with van der Waals surface area (Å²) in [6.07, 6.45) is 40.6. The Balaban J connectivity index is 5.20. The Morgan fingerprint density at radius 2 is 0.545 bits per heavy atom. The number of carbonyl (C=O) groups excluding carboxylic acids is 4. The van der Waals surface area contributed by atoms with Gasteiger partial charge in [-0.3, -0.25) is 37.3 Å². The van der Waals surface area contributed by atoms with Gasteiger partial charge in [0.25, 0.3) is 0 Å². The van der Waals surface area contributed by atoms with Crippen LogP contribution < -0.4 is 0 Å². The second kappa shape index (κ2) is 58.8. The Morgan fingerprint density at radius 1 is 0.318 bits per heavy atom. The highest BCUT2D eigenvalue weighted by Gasteiger charge is 2.30. The molecule has 0 saturated carbocycles. The predicted molar refractivity (Wildman–Crippen MR) is 354 cm³/mol. The van der Waals surface area contributed by atoms with Gasteiger partial charge in [-0.25, -0.2) is 9.13 Å². The van der Waals surface area contributed by atoms with E-state index >= 15 is 0 Å². The zero-order valence-corrected chi connectivity index (χ0v) is 59.1. The first-order valence-corrected chi connectivity index (χ1v) is 38.7. The Morgan fingerprint density at radius 3 is 0.807 bits per heavy atom. The van der Waals surface area contributed by atoms with Crippen LogP contribution in [0.3, 0.4) is 0 Å². The fourth-order valence-electron chi connectivity index (χ4n) is 10.3. The molecule has 0 radical (unpaired) electrons. The summed E-state index contributed by atoms with van der Waals surface area (Å²) in [7, 11) is -9.90. The number of phosphoric ester groups is 2. The van der Waals surface area contributed by atoms with E-state index in [1.54, 1.807) is 0 Å². The molecule has 0 aromatic carbocycles. The van der Waals surface area contributed by atoms with Gasteiger partial charge in [-0.2, -0.15) is 0 Å². The highest BCUT2D eigenvalue weighted by Crippen LogP contribution is 2.45. The standard InChI is InChI=1S/C69H134O17P2/c1-9-62(8)48-40-32-26-28-36-44-52-69(74)86-65(55-79-66(71)49-41-33-23-19-15-13-11-10-12-14-17-21-29-37-45-59(2)3)58-84-88(77,78)82-54-63(70)53-81-87(75,76)83-57-64(56-80-67(72)50-42-34-27-25-31-39-47-61(6)7)85-68(73)51-43-35-24-20-16-18-22-30-38-46-60(4)5/h59-65,70H,9-58H2,1-8H3,(H,75,76)(H,77,78)/t62?,63-,64+,65+/m0/s1. The molecule has 0 aliphatic heterocycles. The lowest BCUT2D eigenvalue weighted by molar-refractivity contribution is -0.161. The average Bonchev–Trinajstić information content (AvgIpc) is 3.56. The maximum Gasteiger partial charge on any atom is 0.472 e. The van der Waals surface area contributed by atoms with E-state index in [1.165, 1.54) is 135 Å². The molecule has 88 heavy (non-hydrogen) atoms. The molecular weight excluding hydrogens is 1160 g/mol. The smallest absolute Gasteiger partial charge is 0.462 e. The lowest BCUT2D eigenvalue weighted by Crippen LogP contribution is -2.30. The number of rotatable bonds is 66. The molecular formula is C69H134O17P2. The summed E-state index contributed by atoms with van der Waals surface area (Å²) in [5, 5.41) is 10.6. The molecule has 0 saturated heterocycles. The van der Waals surface area contributed by atoms with Crippen molar-refractivity contribution in [3.63, 3.8) is 0 Å². The second-order valence-electron chi connectivity index (χ2n) is 26.6. The molecule has 0 amide bonds. The van der Waals surface area contributed by atoms with Crippen molar-refractivity contribution in [2.45, 2.75) is 356 Å². The van der Waals surface area contributed by atoms with Gasteiger partial charge in [0.1, 0.15) is 19.3 Å². The lowest BCUT2D eigenvalue weighted by atomic mass is 10.00. The third-order valence-electron chi connectivity index (χ3n) is 16.2. The van der Waals surface area contributed by atoms with E-state index in [0.717, 1.165) is 114 Å². The van der Waals surface area contributed by atoms with E-state index in [9.17, 15) is 43.2 Å². The summed E-state index contributed by atoms with van der Waals surface area (Å²) in [4.78, 5) is 72.4. The van der Waals surface area contributed by atoms with Crippen LogP contribution in [0.25, 0.3) is 0 Å². The third-order valence-corrected chi connectivity index (χ3v) is 18.1. The summed E-state index contributed by atoms with van der Waals surface area (Å²) in [5.41, 5.74) is 0. The van der Waals surface area contributed by atoms with Crippen LogP contribution in [0, 0.1) is 23.7 Å². The van der Waals surface area contributed by atoms with Crippen LogP contribution in [0.15, 0.2) is 0 Å². The van der Waals surface area contributed by atoms with Gasteiger partial charge in [0.05, 0.1) is 26.4 Å². The fourth-order valence-corrected chi connectivity index (χ4v) is 11.9. The first-order valence-electron chi connectivity index (χ1n) is 35.7. The molecule has 0 aromatic rings. The van der Waals surface area contributed by atoms with E-state index in [4.69, 9.17) is 37.0 Å². The van der Waals surface area contributed by atoms with Crippen LogP contribution in [0.2, 0.25) is 0 Å². The maximum atomic E-state index is 13.0. The number of aliphatic hydroxyl groups is 1. The third kappa shape index (κ3) is 61.6. The van der Waals surface area contributed by atoms with Gasteiger partial charge >= 0.3 is 39.5 Å². The Labute approximate surface area is 537 Å². The molecule has 0 aromatic heterocycles. The zero-order valence-electron chi connectivity index (χ0n) is 57.3. The van der Waals surface area contributed by atoms with Crippen molar-refractivity contribution in [2.24, 2.45) is 23.7 Å².